The van der Waals surface area contributed by atoms with Crippen LogP contribution in [0.1, 0.15) is 11.1 Å². The second-order valence-electron chi connectivity index (χ2n) is 4.86. The largest absolute Gasteiger partial charge is 0.416 e. The number of pyridine rings is 1. The van der Waals surface area contributed by atoms with Gasteiger partial charge >= 0.3 is 6.18 Å². The third kappa shape index (κ3) is 3.55. The third-order valence-corrected chi connectivity index (χ3v) is 3.01. The molecule has 0 saturated heterocycles. The van der Waals surface area contributed by atoms with Crippen molar-refractivity contribution in [1.29, 1.82) is 0 Å². The molecule has 0 aliphatic rings. The molecule has 0 amide bonds. The van der Waals surface area contributed by atoms with Gasteiger partial charge in [0.15, 0.2) is 0 Å². The SMILES string of the molecule is CN(C)c1cc(C(F)(F)F)cc(-c2ccc(/C=N/O)cc2)n1. The highest BCUT2D eigenvalue weighted by atomic mass is 19.4. The van der Waals surface area contributed by atoms with Crippen LogP contribution in [0.5, 0.6) is 0 Å². The van der Waals surface area contributed by atoms with Crippen molar-refractivity contribution >= 4 is 12.0 Å². The summed E-state index contributed by atoms with van der Waals surface area (Å²) in [7, 11) is 3.26. The van der Waals surface area contributed by atoms with Gasteiger partial charge in [0.05, 0.1) is 17.5 Å². The first-order valence-corrected chi connectivity index (χ1v) is 6.36. The van der Waals surface area contributed by atoms with E-state index in [1.165, 1.54) is 11.1 Å². The zero-order valence-electron chi connectivity index (χ0n) is 12.0. The molecule has 2 aromatic rings. The van der Waals surface area contributed by atoms with Gasteiger partial charge in [0.1, 0.15) is 5.82 Å². The smallest absolute Gasteiger partial charge is 0.411 e. The Bertz CT molecular complexity index is 679. The average Bonchev–Trinajstić information content (AvgIpc) is 2.47. The van der Waals surface area contributed by atoms with Gasteiger partial charge in [-0.05, 0) is 17.7 Å². The molecule has 0 saturated carbocycles. The van der Waals surface area contributed by atoms with E-state index in [-0.39, 0.29) is 11.5 Å². The van der Waals surface area contributed by atoms with Gasteiger partial charge in [-0.3, -0.25) is 0 Å². The van der Waals surface area contributed by atoms with Gasteiger partial charge in [0, 0.05) is 19.7 Å². The van der Waals surface area contributed by atoms with E-state index in [9.17, 15) is 13.2 Å². The van der Waals surface area contributed by atoms with Crippen LogP contribution in [0.3, 0.4) is 0 Å². The zero-order chi connectivity index (χ0) is 16.3. The van der Waals surface area contributed by atoms with Crippen molar-refractivity contribution in [3.63, 3.8) is 0 Å². The molecule has 22 heavy (non-hydrogen) atoms. The quantitative estimate of drug-likeness (QED) is 0.535. The summed E-state index contributed by atoms with van der Waals surface area (Å²) in [4.78, 5) is 5.75. The third-order valence-electron chi connectivity index (χ3n) is 3.01. The maximum absolute atomic E-state index is 13.0. The van der Waals surface area contributed by atoms with Crippen molar-refractivity contribution in [2.45, 2.75) is 6.18 Å². The van der Waals surface area contributed by atoms with Crippen LogP contribution in [-0.2, 0) is 6.18 Å². The number of hydrogen-bond acceptors (Lipinski definition) is 4. The van der Waals surface area contributed by atoms with Crippen molar-refractivity contribution in [2.75, 3.05) is 19.0 Å². The normalized spacial score (nSPS) is 11.9. The minimum absolute atomic E-state index is 0.228. The van der Waals surface area contributed by atoms with Gasteiger partial charge < -0.3 is 10.1 Å². The summed E-state index contributed by atoms with van der Waals surface area (Å²) in [6, 6.07) is 8.54. The molecule has 0 radical (unpaired) electrons. The number of oxime groups is 1. The molecular weight excluding hydrogens is 295 g/mol. The Morgan fingerprint density at radius 3 is 2.27 bits per heavy atom. The Kier molecular flexibility index (Phi) is 4.35. The van der Waals surface area contributed by atoms with Crippen LogP contribution < -0.4 is 4.90 Å². The average molecular weight is 309 g/mol. The minimum Gasteiger partial charge on any atom is -0.411 e. The van der Waals surface area contributed by atoms with E-state index in [1.54, 1.807) is 38.4 Å². The first kappa shape index (κ1) is 15.8. The Morgan fingerprint density at radius 1 is 1.14 bits per heavy atom. The molecule has 1 aromatic carbocycles. The number of halogens is 3. The summed E-state index contributed by atoms with van der Waals surface area (Å²) in [5.74, 6) is 0.228. The van der Waals surface area contributed by atoms with E-state index in [0.29, 0.717) is 11.1 Å². The summed E-state index contributed by atoms with van der Waals surface area (Å²) in [6.07, 6.45) is -3.21. The number of alkyl halides is 3. The summed E-state index contributed by atoms with van der Waals surface area (Å²) in [6.45, 7) is 0. The van der Waals surface area contributed by atoms with Gasteiger partial charge in [0.25, 0.3) is 0 Å². The van der Waals surface area contributed by atoms with E-state index in [4.69, 9.17) is 5.21 Å². The van der Waals surface area contributed by atoms with Crippen molar-refractivity contribution in [1.82, 2.24) is 4.98 Å². The maximum atomic E-state index is 13.0. The molecule has 1 heterocycles. The number of benzene rings is 1. The van der Waals surface area contributed by atoms with Crippen molar-refractivity contribution in [3.05, 3.63) is 47.5 Å². The Hall–Kier alpha value is -2.57. The molecule has 2 rings (SSSR count). The number of nitrogens with zero attached hydrogens (tertiary/aromatic N) is 3. The highest BCUT2D eigenvalue weighted by molar-refractivity contribution is 5.80. The molecule has 0 aliphatic heterocycles. The molecule has 0 spiro atoms. The first-order chi connectivity index (χ1) is 10.3. The number of rotatable bonds is 3. The van der Waals surface area contributed by atoms with E-state index in [0.717, 1.165) is 12.1 Å². The van der Waals surface area contributed by atoms with E-state index in [1.807, 2.05) is 0 Å². The van der Waals surface area contributed by atoms with Crippen LogP contribution in [0, 0.1) is 0 Å². The second kappa shape index (κ2) is 6.05. The molecule has 0 bridgehead atoms. The molecule has 1 aromatic heterocycles. The predicted octanol–water partition coefficient (Wildman–Crippen LogP) is 3.64. The van der Waals surface area contributed by atoms with Gasteiger partial charge in [-0.15, -0.1) is 0 Å². The Labute approximate surface area is 125 Å². The molecule has 0 unspecified atom stereocenters. The molecule has 0 atom stereocenters. The fourth-order valence-electron chi connectivity index (χ4n) is 1.86. The Balaban J connectivity index is 2.51. The topological polar surface area (TPSA) is 48.7 Å². The highest BCUT2D eigenvalue weighted by Gasteiger charge is 2.32. The molecule has 7 heteroatoms. The van der Waals surface area contributed by atoms with Crippen molar-refractivity contribution in [2.24, 2.45) is 5.16 Å². The molecule has 116 valence electrons. The van der Waals surface area contributed by atoms with E-state index < -0.39 is 11.7 Å². The van der Waals surface area contributed by atoms with Crippen LogP contribution in [-0.4, -0.2) is 30.5 Å². The molecule has 0 fully saturated rings. The summed E-state index contributed by atoms with van der Waals surface area (Å²) < 4.78 is 39.0. The second-order valence-corrected chi connectivity index (χ2v) is 4.86. The summed E-state index contributed by atoms with van der Waals surface area (Å²) >= 11 is 0. The van der Waals surface area contributed by atoms with Gasteiger partial charge in [-0.1, -0.05) is 29.4 Å². The van der Waals surface area contributed by atoms with Gasteiger partial charge in [-0.25, -0.2) is 4.98 Å². The lowest BCUT2D eigenvalue weighted by molar-refractivity contribution is -0.137. The Morgan fingerprint density at radius 2 is 1.77 bits per heavy atom. The molecule has 1 N–H and O–H groups in total. The van der Waals surface area contributed by atoms with Crippen LogP contribution in [0.25, 0.3) is 11.3 Å². The standard InChI is InChI=1S/C15H14F3N3O/c1-21(2)14-8-12(15(16,17)18)7-13(20-14)11-5-3-10(4-6-11)9-19-22/h3-9,22H,1-2H3/b19-9+. The first-order valence-electron chi connectivity index (χ1n) is 6.36. The lowest BCUT2D eigenvalue weighted by atomic mass is 10.1. The van der Waals surface area contributed by atoms with Gasteiger partial charge in [-0.2, -0.15) is 13.2 Å². The fraction of sp³-hybridized carbons (Fsp3) is 0.200. The number of hydrogen-bond donors (Lipinski definition) is 1. The van der Waals surface area contributed by atoms with Crippen LogP contribution in [0.2, 0.25) is 0 Å². The fourth-order valence-corrected chi connectivity index (χ4v) is 1.86. The van der Waals surface area contributed by atoms with Crippen molar-refractivity contribution in [3.8, 4) is 11.3 Å². The van der Waals surface area contributed by atoms with Gasteiger partial charge in [0.2, 0.25) is 0 Å². The minimum atomic E-state index is -4.44. The number of aromatic nitrogens is 1. The predicted molar refractivity (Wildman–Crippen MR) is 78.4 cm³/mol. The highest BCUT2D eigenvalue weighted by Crippen LogP contribution is 2.33. The monoisotopic (exact) mass is 309 g/mol. The molecule has 0 aliphatic carbocycles. The summed E-state index contributed by atoms with van der Waals surface area (Å²) in [5.41, 5.74) is 0.656. The van der Waals surface area contributed by atoms with E-state index in [2.05, 4.69) is 10.1 Å². The molecule has 4 nitrogen and oxygen atoms in total. The van der Waals surface area contributed by atoms with Crippen LogP contribution >= 0.6 is 0 Å². The summed E-state index contributed by atoms with van der Waals surface area (Å²) in [5, 5.41) is 11.4. The van der Waals surface area contributed by atoms with Crippen molar-refractivity contribution < 1.29 is 18.4 Å². The number of anilines is 1. The molecular formula is C15H14F3N3O. The van der Waals surface area contributed by atoms with Crippen LogP contribution in [0.4, 0.5) is 19.0 Å². The van der Waals surface area contributed by atoms with Crippen LogP contribution in [0.15, 0.2) is 41.6 Å². The maximum Gasteiger partial charge on any atom is 0.416 e. The lowest BCUT2D eigenvalue weighted by Gasteiger charge is -2.16. The van der Waals surface area contributed by atoms with E-state index >= 15 is 0 Å². The lowest BCUT2D eigenvalue weighted by Crippen LogP contribution is -2.14. The zero-order valence-corrected chi connectivity index (χ0v) is 12.0.